The zero-order valence-electron chi connectivity index (χ0n) is 14.6. The van der Waals surface area contributed by atoms with Gasteiger partial charge in [-0.2, -0.15) is 10.2 Å². The van der Waals surface area contributed by atoms with Crippen molar-refractivity contribution in [2.75, 3.05) is 0 Å². The number of nitrogens with zero attached hydrogens (tertiary/aromatic N) is 6. The van der Waals surface area contributed by atoms with Gasteiger partial charge in [-0.25, -0.2) is 19.3 Å². The average Bonchev–Trinajstić information content (AvgIpc) is 3.24. The number of fused-ring (bicyclic) bond motifs is 1. The molecule has 0 saturated carbocycles. The minimum absolute atomic E-state index is 0.107. The van der Waals surface area contributed by atoms with Crippen molar-refractivity contribution >= 4 is 34.7 Å². The zero-order chi connectivity index (χ0) is 18.4. The van der Waals surface area contributed by atoms with Gasteiger partial charge in [0.05, 0.1) is 28.2 Å². The van der Waals surface area contributed by atoms with Crippen molar-refractivity contribution in [2.45, 2.75) is 38.8 Å². The lowest BCUT2D eigenvalue weighted by Crippen LogP contribution is -2.31. The molecule has 1 aromatic carbocycles. The van der Waals surface area contributed by atoms with Crippen LogP contribution in [-0.2, 0) is 0 Å². The van der Waals surface area contributed by atoms with E-state index < -0.39 is 0 Å². The Labute approximate surface area is 161 Å². The number of hydrogen-bond donors (Lipinski definition) is 0. The van der Waals surface area contributed by atoms with Crippen LogP contribution in [0.1, 0.15) is 50.2 Å². The topological polar surface area (TPSA) is 60.9 Å². The summed E-state index contributed by atoms with van der Waals surface area (Å²) in [5.41, 5.74) is 1.96. The van der Waals surface area contributed by atoms with Crippen molar-refractivity contribution in [3.8, 4) is 0 Å². The molecule has 2 aromatic heterocycles. The third-order valence-corrected chi connectivity index (χ3v) is 5.36. The number of hydrogen-bond acceptors (Lipinski definition) is 4. The van der Waals surface area contributed by atoms with Crippen LogP contribution in [0.25, 0.3) is 0 Å². The van der Waals surface area contributed by atoms with Gasteiger partial charge in [0.25, 0.3) is 0 Å². The second kappa shape index (κ2) is 6.52. The number of halogens is 2. The molecule has 4 rings (SSSR count). The second-order valence-corrected chi connectivity index (χ2v) is 7.45. The van der Waals surface area contributed by atoms with Gasteiger partial charge in [0, 0.05) is 17.8 Å². The van der Waals surface area contributed by atoms with Crippen LogP contribution in [0.5, 0.6) is 0 Å². The van der Waals surface area contributed by atoms with E-state index in [1.165, 1.54) is 0 Å². The van der Waals surface area contributed by atoms with Gasteiger partial charge < -0.3 is 0 Å². The quantitative estimate of drug-likeness (QED) is 0.644. The Hall–Kier alpha value is -2.18. The van der Waals surface area contributed by atoms with Crippen LogP contribution in [0.2, 0.25) is 10.0 Å². The van der Waals surface area contributed by atoms with Crippen LogP contribution in [0.3, 0.4) is 0 Å². The third kappa shape index (κ3) is 2.73. The zero-order valence-corrected chi connectivity index (χ0v) is 16.1. The van der Waals surface area contributed by atoms with Crippen molar-refractivity contribution < 1.29 is 0 Å². The van der Waals surface area contributed by atoms with Gasteiger partial charge in [0.15, 0.2) is 5.82 Å². The standard InChI is InChI=1S/C18H18Cl2N6/c1-10(2)25-18(21-9-23-25)16-11(3)24-15-6-7-22-26(15)17(16)12-4-5-13(19)14(20)8-12/h4-10,16-17H,1-3H3/t16?,17-/m1/s1. The van der Waals surface area contributed by atoms with Crippen molar-refractivity contribution in [1.29, 1.82) is 0 Å². The van der Waals surface area contributed by atoms with E-state index in [4.69, 9.17) is 28.2 Å². The summed E-state index contributed by atoms with van der Waals surface area (Å²) in [6.45, 7) is 6.19. The van der Waals surface area contributed by atoms with Gasteiger partial charge in [0.1, 0.15) is 12.2 Å². The molecule has 0 N–H and O–H groups in total. The molecule has 6 nitrogen and oxygen atoms in total. The summed E-state index contributed by atoms with van der Waals surface area (Å²) in [7, 11) is 0. The van der Waals surface area contributed by atoms with E-state index in [1.807, 2.05) is 40.6 Å². The molecule has 0 bridgehead atoms. The Balaban J connectivity index is 1.92. The fraction of sp³-hybridized carbons (Fsp3) is 0.333. The lowest BCUT2D eigenvalue weighted by atomic mass is 9.87. The van der Waals surface area contributed by atoms with Crippen LogP contribution in [-0.4, -0.2) is 30.3 Å². The maximum atomic E-state index is 6.30. The molecule has 0 amide bonds. The number of rotatable bonds is 3. The first-order valence-corrected chi connectivity index (χ1v) is 9.16. The molecule has 0 spiro atoms. The fourth-order valence-electron chi connectivity index (χ4n) is 3.47. The third-order valence-electron chi connectivity index (χ3n) is 4.62. The van der Waals surface area contributed by atoms with E-state index >= 15 is 0 Å². The Morgan fingerprint density at radius 2 is 1.88 bits per heavy atom. The maximum Gasteiger partial charge on any atom is 0.150 e. The van der Waals surface area contributed by atoms with E-state index in [-0.39, 0.29) is 18.0 Å². The average molecular weight is 389 g/mol. The predicted molar refractivity (Wildman–Crippen MR) is 103 cm³/mol. The Bertz CT molecular complexity index is 987. The minimum atomic E-state index is -0.131. The van der Waals surface area contributed by atoms with E-state index in [1.54, 1.807) is 12.5 Å². The van der Waals surface area contributed by atoms with Gasteiger partial charge in [-0.05, 0) is 38.5 Å². The van der Waals surface area contributed by atoms with Crippen molar-refractivity contribution in [3.05, 3.63) is 58.2 Å². The van der Waals surface area contributed by atoms with E-state index in [0.717, 1.165) is 22.9 Å². The molecule has 1 unspecified atom stereocenters. The molecule has 3 aromatic rings. The summed E-state index contributed by atoms with van der Waals surface area (Å²) in [6, 6.07) is 7.64. The predicted octanol–water partition coefficient (Wildman–Crippen LogP) is 4.84. The Kier molecular flexibility index (Phi) is 4.32. The monoisotopic (exact) mass is 388 g/mol. The van der Waals surface area contributed by atoms with Crippen molar-refractivity contribution in [3.63, 3.8) is 0 Å². The molecular formula is C18H18Cl2N6. The normalized spacial score (nSPS) is 19.5. The summed E-state index contributed by atoms with van der Waals surface area (Å²) >= 11 is 12.4. The largest absolute Gasteiger partial charge is 0.247 e. The number of benzene rings is 1. The van der Waals surface area contributed by atoms with Crippen LogP contribution < -0.4 is 0 Å². The van der Waals surface area contributed by atoms with Gasteiger partial charge in [-0.15, -0.1) is 0 Å². The second-order valence-electron chi connectivity index (χ2n) is 6.64. The Morgan fingerprint density at radius 1 is 1.08 bits per heavy atom. The molecule has 0 fully saturated rings. The van der Waals surface area contributed by atoms with Crippen molar-refractivity contribution in [2.24, 2.45) is 4.99 Å². The highest BCUT2D eigenvalue weighted by Gasteiger charge is 2.37. The molecule has 0 aliphatic carbocycles. The molecule has 134 valence electrons. The summed E-state index contributed by atoms with van der Waals surface area (Å²) in [4.78, 5) is 9.29. The highest BCUT2D eigenvalue weighted by molar-refractivity contribution is 6.42. The minimum Gasteiger partial charge on any atom is -0.247 e. The molecule has 0 radical (unpaired) electrons. The maximum absolute atomic E-state index is 6.30. The summed E-state index contributed by atoms with van der Waals surface area (Å²) in [6.07, 6.45) is 3.35. The molecule has 1 aliphatic rings. The van der Waals surface area contributed by atoms with E-state index in [9.17, 15) is 0 Å². The van der Waals surface area contributed by atoms with Gasteiger partial charge in [-0.3, -0.25) is 0 Å². The molecule has 0 saturated heterocycles. The molecule has 3 heterocycles. The van der Waals surface area contributed by atoms with Gasteiger partial charge in [0.2, 0.25) is 0 Å². The summed E-state index contributed by atoms with van der Waals surface area (Å²) < 4.78 is 3.85. The van der Waals surface area contributed by atoms with E-state index in [0.29, 0.717) is 10.0 Å². The molecule has 2 atom stereocenters. The highest BCUT2D eigenvalue weighted by atomic mass is 35.5. The molecular weight excluding hydrogens is 371 g/mol. The van der Waals surface area contributed by atoms with E-state index in [2.05, 4.69) is 29.0 Å². The molecule has 1 aliphatic heterocycles. The van der Waals surface area contributed by atoms with Crippen LogP contribution in [0.15, 0.2) is 41.8 Å². The van der Waals surface area contributed by atoms with Gasteiger partial charge >= 0.3 is 0 Å². The molecule has 8 heteroatoms. The molecule has 26 heavy (non-hydrogen) atoms. The van der Waals surface area contributed by atoms with Gasteiger partial charge in [-0.1, -0.05) is 29.3 Å². The van der Waals surface area contributed by atoms with Crippen LogP contribution in [0.4, 0.5) is 5.82 Å². The van der Waals surface area contributed by atoms with Crippen LogP contribution >= 0.6 is 23.2 Å². The number of aromatic nitrogens is 5. The summed E-state index contributed by atoms with van der Waals surface area (Å²) in [5.74, 6) is 1.56. The highest BCUT2D eigenvalue weighted by Crippen LogP contribution is 2.42. The summed E-state index contributed by atoms with van der Waals surface area (Å²) in [5, 5.41) is 9.96. The van der Waals surface area contributed by atoms with Crippen LogP contribution in [0, 0.1) is 0 Å². The lowest BCUT2D eigenvalue weighted by molar-refractivity contribution is 0.433. The Morgan fingerprint density at radius 3 is 2.62 bits per heavy atom. The first kappa shape index (κ1) is 17.2. The first-order chi connectivity index (χ1) is 12.5. The fourth-order valence-corrected chi connectivity index (χ4v) is 3.77. The number of aliphatic imine (C=N–C) groups is 1. The first-order valence-electron chi connectivity index (χ1n) is 8.40. The lowest BCUT2D eigenvalue weighted by Gasteiger charge is -2.32. The SMILES string of the molecule is CC1=Nc2ccnn2[C@H](c2ccc(Cl)c(Cl)c2)C1c1ncnn1C(C)C. The van der Waals surface area contributed by atoms with Crippen molar-refractivity contribution in [1.82, 2.24) is 24.5 Å². The smallest absolute Gasteiger partial charge is 0.150 e.